The number of allylic oxidation sites excluding steroid dienone is 1. The predicted molar refractivity (Wildman–Crippen MR) is 63.3 cm³/mol. The van der Waals surface area contributed by atoms with Crippen LogP contribution >= 0.6 is 0 Å². The van der Waals surface area contributed by atoms with Crippen LogP contribution in [0.2, 0.25) is 0 Å². The van der Waals surface area contributed by atoms with Crippen LogP contribution in [-0.2, 0) is 0 Å². The van der Waals surface area contributed by atoms with E-state index in [9.17, 15) is 0 Å². The second kappa shape index (κ2) is 7.90. The first-order valence-electron chi connectivity index (χ1n) is 6.36. The Morgan fingerprint density at radius 3 is 2.43 bits per heavy atom. The van der Waals surface area contributed by atoms with Crippen molar-refractivity contribution in [3.05, 3.63) is 11.8 Å². The van der Waals surface area contributed by atoms with Gasteiger partial charge in [-0.25, -0.2) is 0 Å². The summed E-state index contributed by atoms with van der Waals surface area (Å²) in [7, 11) is 0. The van der Waals surface area contributed by atoms with Crippen molar-refractivity contribution in [3.8, 4) is 0 Å². The molecular formula is C13H25N. The van der Waals surface area contributed by atoms with Gasteiger partial charge in [-0.05, 0) is 19.3 Å². The lowest BCUT2D eigenvalue weighted by Gasteiger charge is -2.03. The summed E-state index contributed by atoms with van der Waals surface area (Å²) < 4.78 is 0. The van der Waals surface area contributed by atoms with Gasteiger partial charge in [0.25, 0.3) is 0 Å². The third-order valence-corrected chi connectivity index (χ3v) is 2.94. The summed E-state index contributed by atoms with van der Waals surface area (Å²) in [6.07, 6.45) is 14.8. The molecule has 0 amide bonds. The molecule has 0 spiro atoms. The molecular weight excluding hydrogens is 170 g/mol. The SMILES string of the molecule is CCCCCCCCCC1=CCCN1. The monoisotopic (exact) mass is 195 g/mol. The summed E-state index contributed by atoms with van der Waals surface area (Å²) in [5.41, 5.74) is 1.50. The standard InChI is InChI=1S/C13H25N/c1-2-3-4-5-6-7-8-10-13-11-9-12-14-13/h11,14H,2-10,12H2,1H3. The Morgan fingerprint density at radius 2 is 1.79 bits per heavy atom. The maximum atomic E-state index is 3.43. The normalized spacial score (nSPS) is 15.4. The molecule has 1 N–H and O–H groups in total. The first-order chi connectivity index (χ1) is 6.93. The summed E-state index contributed by atoms with van der Waals surface area (Å²) in [4.78, 5) is 0. The van der Waals surface area contributed by atoms with Crippen molar-refractivity contribution in [2.75, 3.05) is 6.54 Å². The Balaban J connectivity index is 1.80. The van der Waals surface area contributed by atoms with Crippen LogP contribution in [0.15, 0.2) is 11.8 Å². The first kappa shape index (κ1) is 11.6. The van der Waals surface area contributed by atoms with Crippen molar-refractivity contribution in [1.29, 1.82) is 0 Å². The lowest BCUT2D eigenvalue weighted by molar-refractivity contribution is 0.584. The van der Waals surface area contributed by atoms with Crippen LogP contribution in [0, 0.1) is 0 Å². The van der Waals surface area contributed by atoms with Gasteiger partial charge in [-0.15, -0.1) is 0 Å². The molecule has 0 saturated carbocycles. The van der Waals surface area contributed by atoms with Crippen molar-refractivity contribution in [1.82, 2.24) is 5.32 Å². The smallest absolute Gasteiger partial charge is 0.0179 e. The summed E-state index contributed by atoms with van der Waals surface area (Å²) in [5, 5.41) is 3.43. The van der Waals surface area contributed by atoms with E-state index < -0.39 is 0 Å². The second-order valence-corrected chi connectivity index (χ2v) is 4.32. The molecule has 0 aromatic heterocycles. The van der Waals surface area contributed by atoms with Crippen molar-refractivity contribution in [2.24, 2.45) is 0 Å². The van der Waals surface area contributed by atoms with Crippen LogP contribution in [0.5, 0.6) is 0 Å². The summed E-state index contributed by atoms with van der Waals surface area (Å²) >= 11 is 0. The van der Waals surface area contributed by atoms with Crippen LogP contribution < -0.4 is 5.32 Å². The van der Waals surface area contributed by atoms with Gasteiger partial charge in [-0.2, -0.15) is 0 Å². The van der Waals surface area contributed by atoms with Gasteiger partial charge in [0, 0.05) is 12.2 Å². The summed E-state index contributed by atoms with van der Waals surface area (Å²) in [6, 6.07) is 0. The average molecular weight is 195 g/mol. The number of nitrogens with one attached hydrogen (secondary N) is 1. The Labute approximate surface area is 89.0 Å². The van der Waals surface area contributed by atoms with Crippen LogP contribution in [-0.4, -0.2) is 6.54 Å². The highest BCUT2D eigenvalue weighted by molar-refractivity contribution is 5.04. The molecule has 14 heavy (non-hydrogen) atoms. The third-order valence-electron chi connectivity index (χ3n) is 2.94. The first-order valence-corrected chi connectivity index (χ1v) is 6.36. The lowest BCUT2D eigenvalue weighted by Crippen LogP contribution is -2.06. The van der Waals surface area contributed by atoms with E-state index >= 15 is 0 Å². The van der Waals surface area contributed by atoms with E-state index in [-0.39, 0.29) is 0 Å². The maximum absolute atomic E-state index is 3.43. The highest BCUT2D eigenvalue weighted by atomic mass is 14.9. The minimum atomic E-state index is 1.17. The van der Waals surface area contributed by atoms with Gasteiger partial charge in [0.15, 0.2) is 0 Å². The molecule has 0 aromatic carbocycles. The van der Waals surface area contributed by atoms with E-state index in [1.165, 1.54) is 70.0 Å². The zero-order valence-electron chi connectivity index (χ0n) is 9.65. The Bertz CT molecular complexity index is 161. The zero-order valence-corrected chi connectivity index (χ0v) is 9.65. The van der Waals surface area contributed by atoms with E-state index in [2.05, 4.69) is 18.3 Å². The Kier molecular flexibility index (Phi) is 6.55. The number of hydrogen-bond acceptors (Lipinski definition) is 1. The topological polar surface area (TPSA) is 12.0 Å². The Hall–Kier alpha value is -0.460. The summed E-state index contributed by atoms with van der Waals surface area (Å²) in [5.74, 6) is 0. The minimum absolute atomic E-state index is 1.17. The van der Waals surface area contributed by atoms with Crippen LogP contribution in [0.4, 0.5) is 0 Å². The van der Waals surface area contributed by atoms with Crippen molar-refractivity contribution < 1.29 is 0 Å². The maximum Gasteiger partial charge on any atom is 0.0179 e. The molecule has 0 bridgehead atoms. The van der Waals surface area contributed by atoms with Gasteiger partial charge < -0.3 is 5.32 Å². The predicted octanol–water partition coefficient (Wildman–Crippen LogP) is 4.00. The molecule has 1 nitrogen and oxygen atoms in total. The van der Waals surface area contributed by atoms with E-state index in [1.807, 2.05) is 0 Å². The number of unbranched alkanes of at least 4 members (excludes halogenated alkanes) is 6. The van der Waals surface area contributed by atoms with Crippen LogP contribution in [0.1, 0.15) is 64.7 Å². The average Bonchev–Trinajstić information content (AvgIpc) is 2.69. The fourth-order valence-electron chi connectivity index (χ4n) is 2.01. The fraction of sp³-hybridized carbons (Fsp3) is 0.846. The van der Waals surface area contributed by atoms with E-state index in [1.54, 1.807) is 0 Å². The minimum Gasteiger partial charge on any atom is -0.388 e. The molecule has 0 atom stereocenters. The number of rotatable bonds is 8. The quantitative estimate of drug-likeness (QED) is 0.577. The molecule has 1 aliphatic heterocycles. The number of hydrogen-bond donors (Lipinski definition) is 1. The highest BCUT2D eigenvalue weighted by Gasteiger charge is 2.01. The summed E-state index contributed by atoms with van der Waals surface area (Å²) in [6.45, 7) is 3.45. The molecule has 0 fully saturated rings. The lowest BCUT2D eigenvalue weighted by atomic mass is 10.1. The van der Waals surface area contributed by atoms with E-state index in [4.69, 9.17) is 0 Å². The zero-order chi connectivity index (χ0) is 10.1. The molecule has 0 aliphatic carbocycles. The third kappa shape index (κ3) is 5.31. The molecule has 0 saturated heterocycles. The van der Waals surface area contributed by atoms with Crippen molar-refractivity contribution in [3.63, 3.8) is 0 Å². The molecule has 0 aromatic rings. The van der Waals surface area contributed by atoms with Gasteiger partial charge in [-0.1, -0.05) is 51.5 Å². The van der Waals surface area contributed by atoms with E-state index in [0.717, 1.165) is 0 Å². The second-order valence-electron chi connectivity index (χ2n) is 4.32. The Morgan fingerprint density at radius 1 is 1.07 bits per heavy atom. The molecule has 1 heterocycles. The largest absolute Gasteiger partial charge is 0.388 e. The molecule has 0 radical (unpaired) electrons. The highest BCUT2D eigenvalue weighted by Crippen LogP contribution is 2.13. The van der Waals surface area contributed by atoms with Gasteiger partial charge in [0.05, 0.1) is 0 Å². The fourth-order valence-corrected chi connectivity index (χ4v) is 2.01. The van der Waals surface area contributed by atoms with Gasteiger partial charge in [-0.3, -0.25) is 0 Å². The van der Waals surface area contributed by atoms with Crippen molar-refractivity contribution >= 4 is 0 Å². The van der Waals surface area contributed by atoms with E-state index in [0.29, 0.717) is 0 Å². The van der Waals surface area contributed by atoms with Gasteiger partial charge in [0.2, 0.25) is 0 Å². The molecule has 82 valence electrons. The molecule has 1 rings (SSSR count). The van der Waals surface area contributed by atoms with Gasteiger partial charge in [0.1, 0.15) is 0 Å². The van der Waals surface area contributed by atoms with Gasteiger partial charge >= 0.3 is 0 Å². The van der Waals surface area contributed by atoms with Crippen LogP contribution in [0.3, 0.4) is 0 Å². The van der Waals surface area contributed by atoms with Crippen molar-refractivity contribution in [2.45, 2.75) is 64.7 Å². The molecule has 1 heteroatoms. The van der Waals surface area contributed by atoms with Crippen LogP contribution in [0.25, 0.3) is 0 Å². The molecule has 0 unspecified atom stereocenters. The molecule has 1 aliphatic rings.